The summed E-state index contributed by atoms with van der Waals surface area (Å²) in [6, 6.07) is 0. The van der Waals surface area contributed by atoms with Crippen molar-refractivity contribution in [2.75, 3.05) is 19.8 Å². The molecule has 0 amide bonds. The molecule has 0 aromatic heterocycles. The molecule has 0 radical (unpaired) electrons. The molecule has 2 fully saturated rings. The van der Waals surface area contributed by atoms with Crippen molar-refractivity contribution in [3.05, 3.63) is 0 Å². The summed E-state index contributed by atoms with van der Waals surface area (Å²) in [7, 11) is 0. The molecule has 0 aromatic rings. The third-order valence-electron chi connectivity index (χ3n) is 3.30. The molecule has 2 rings (SSSR count). The summed E-state index contributed by atoms with van der Waals surface area (Å²) in [5, 5.41) is 9.53. The number of ether oxygens (including phenoxy) is 1. The van der Waals surface area contributed by atoms with Gasteiger partial charge in [-0.05, 0) is 37.1 Å². The second-order valence-electron chi connectivity index (χ2n) is 4.08. The Morgan fingerprint density at radius 2 is 1.83 bits per heavy atom. The molecule has 3 N–H and O–H groups in total. The van der Waals surface area contributed by atoms with Crippen molar-refractivity contribution < 1.29 is 9.84 Å². The molecule has 0 spiro atoms. The average Bonchev–Trinajstić information content (AvgIpc) is 2.02. The zero-order valence-electron chi connectivity index (χ0n) is 7.28. The van der Waals surface area contributed by atoms with Gasteiger partial charge in [-0.15, -0.1) is 0 Å². The summed E-state index contributed by atoms with van der Waals surface area (Å²) in [6.07, 6.45) is 1.67. The van der Waals surface area contributed by atoms with Crippen molar-refractivity contribution >= 4 is 0 Å². The maximum absolute atomic E-state index is 9.53. The van der Waals surface area contributed by atoms with E-state index >= 15 is 0 Å². The minimum absolute atomic E-state index is 0.105. The molecule has 2 aliphatic rings. The number of rotatable bonds is 1. The molecule has 1 aliphatic carbocycles. The molecule has 2 unspecified atom stereocenters. The fourth-order valence-corrected chi connectivity index (χ4v) is 2.67. The quantitative estimate of drug-likeness (QED) is 0.583. The molecule has 2 bridgehead atoms. The fraction of sp³-hybridized carbons (Fsp3) is 1.00. The summed E-state index contributed by atoms with van der Waals surface area (Å²) >= 11 is 0. The molecule has 1 saturated heterocycles. The van der Waals surface area contributed by atoms with Crippen LogP contribution in [0.5, 0.6) is 0 Å². The van der Waals surface area contributed by atoms with E-state index < -0.39 is 0 Å². The summed E-state index contributed by atoms with van der Waals surface area (Å²) in [5.41, 5.74) is 5.70. The molecule has 12 heavy (non-hydrogen) atoms. The first-order valence-corrected chi connectivity index (χ1v) is 4.77. The van der Waals surface area contributed by atoms with Crippen molar-refractivity contribution in [2.45, 2.75) is 18.9 Å². The molecule has 3 nitrogen and oxygen atoms in total. The first-order chi connectivity index (χ1) is 5.81. The van der Waals surface area contributed by atoms with Gasteiger partial charge in [0.15, 0.2) is 0 Å². The molecule has 2 atom stereocenters. The maximum Gasteiger partial charge on any atom is 0.0547 e. The number of nitrogens with two attached hydrogens (primary N) is 1. The van der Waals surface area contributed by atoms with Crippen LogP contribution >= 0.6 is 0 Å². The topological polar surface area (TPSA) is 55.5 Å². The second kappa shape index (κ2) is 3.32. The Labute approximate surface area is 72.9 Å². The highest BCUT2D eigenvalue weighted by Crippen LogP contribution is 2.38. The minimum Gasteiger partial charge on any atom is -0.393 e. The van der Waals surface area contributed by atoms with E-state index in [9.17, 15) is 5.11 Å². The Morgan fingerprint density at radius 1 is 1.25 bits per heavy atom. The van der Waals surface area contributed by atoms with Crippen LogP contribution in [0.3, 0.4) is 0 Å². The highest BCUT2D eigenvalue weighted by Gasteiger charge is 2.39. The average molecular weight is 171 g/mol. The van der Waals surface area contributed by atoms with Gasteiger partial charge in [-0.3, -0.25) is 0 Å². The van der Waals surface area contributed by atoms with E-state index in [1.807, 2.05) is 0 Å². The highest BCUT2D eigenvalue weighted by molar-refractivity contribution is 4.89. The SMILES string of the molecule is NCC1C2COCC1CC(O)C2. The molecule has 1 heterocycles. The lowest BCUT2D eigenvalue weighted by atomic mass is 9.70. The minimum atomic E-state index is -0.105. The fourth-order valence-electron chi connectivity index (χ4n) is 2.67. The monoisotopic (exact) mass is 171 g/mol. The second-order valence-corrected chi connectivity index (χ2v) is 4.08. The zero-order valence-corrected chi connectivity index (χ0v) is 7.28. The van der Waals surface area contributed by atoms with Gasteiger partial charge in [-0.1, -0.05) is 0 Å². The van der Waals surface area contributed by atoms with Crippen molar-refractivity contribution in [1.82, 2.24) is 0 Å². The van der Waals surface area contributed by atoms with Crippen LogP contribution in [-0.4, -0.2) is 31.0 Å². The predicted octanol–water partition coefficient (Wildman–Crippen LogP) is -0.0214. The van der Waals surface area contributed by atoms with E-state index in [1.54, 1.807) is 0 Å². The number of aliphatic hydroxyl groups is 1. The maximum atomic E-state index is 9.53. The molecule has 1 aliphatic heterocycles. The smallest absolute Gasteiger partial charge is 0.0547 e. The summed E-state index contributed by atoms with van der Waals surface area (Å²) in [5.74, 6) is 1.62. The molecule has 1 saturated carbocycles. The Hall–Kier alpha value is -0.120. The van der Waals surface area contributed by atoms with Gasteiger partial charge in [-0.2, -0.15) is 0 Å². The van der Waals surface area contributed by atoms with Gasteiger partial charge in [-0.25, -0.2) is 0 Å². The van der Waals surface area contributed by atoms with Crippen LogP contribution in [0, 0.1) is 17.8 Å². The Morgan fingerprint density at radius 3 is 2.33 bits per heavy atom. The standard InChI is InChI=1S/C9H17NO2/c10-3-9-6-1-8(11)2-7(9)5-12-4-6/h6-9,11H,1-5,10H2. The molecule has 3 heteroatoms. The number of hydrogen-bond donors (Lipinski definition) is 2. The lowest BCUT2D eigenvalue weighted by Gasteiger charge is -2.43. The van der Waals surface area contributed by atoms with Crippen LogP contribution in [0.15, 0.2) is 0 Å². The van der Waals surface area contributed by atoms with Gasteiger partial charge in [0.25, 0.3) is 0 Å². The first-order valence-electron chi connectivity index (χ1n) is 4.77. The van der Waals surface area contributed by atoms with E-state index in [-0.39, 0.29) is 6.10 Å². The van der Waals surface area contributed by atoms with Crippen LogP contribution in [0.25, 0.3) is 0 Å². The lowest BCUT2D eigenvalue weighted by molar-refractivity contribution is -0.0885. The van der Waals surface area contributed by atoms with Gasteiger partial charge in [0.05, 0.1) is 6.10 Å². The Kier molecular flexibility index (Phi) is 2.35. The van der Waals surface area contributed by atoms with Gasteiger partial charge in [0, 0.05) is 13.2 Å². The van der Waals surface area contributed by atoms with Crippen molar-refractivity contribution in [2.24, 2.45) is 23.5 Å². The van der Waals surface area contributed by atoms with Gasteiger partial charge < -0.3 is 15.6 Å². The Bertz CT molecular complexity index is 149. The third-order valence-corrected chi connectivity index (χ3v) is 3.30. The normalized spacial score (nSPS) is 47.5. The van der Waals surface area contributed by atoms with Crippen LogP contribution in [0.4, 0.5) is 0 Å². The van der Waals surface area contributed by atoms with E-state index in [0.717, 1.165) is 32.6 Å². The molecular weight excluding hydrogens is 154 g/mol. The lowest BCUT2D eigenvalue weighted by Crippen LogP contribution is -2.46. The largest absolute Gasteiger partial charge is 0.393 e. The number of fused-ring (bicyclic) bond motifs is 2. The van der Waals surface area contributed by atoms with E-state index in [0.29, 0.717) is 17.8 Å². The molecule has 0 aromatic carbocycles. The zero-order chi connectivity index (χ0) is 8.55. The predicted molar refractivity (Wildman–Crippen MR) is 45.6 cm³/mol. The summed E-state index contributed by atoms with van der Waals surface area (Å²) in [6.45, 7) is 2.36. The van der Waals surface area contributed by atoms with Crippen LogP contribution in [0.1, 0.15) is 12.8 Å². The van der Waals surface area contributed by atoms with Crippen LogP contribution in [0.2, 0.25) is 0 Å². The van der Waals surface area contributed by atoms with E-state index in [2.05, 4.69) is 0 Å². The Balaban J connectivity index is 2.06. The van der Waals surface area contributed by atoms with Crippen LogP contribution < -0.4 is 5.73 Å². The van der Waals surface area contributed by atoms with Gasteiger partial charge in [0.1, 0.15) is 0 Å². The van der Waals surface area contributed by atoms with Crippen molar-refractivity contribution in [1.29, 1.82) is 0 Å². The molecule has 70 valence electrons. The number of hydrogen-bond acceptors (Lipinski definition) is 3. The third kappa shape index (κ3) is 1.37. The van der Waals surface area contributed by atoms with Gasteiger partial charge >= 0.3 is 0 Å². The van der Waals surface area contributed by atoms with Crippen molar-refractivity contribution in [3.8, 4) is 0 Å². The highest BCUT2D eigenvalue weighted by atomic mass is 16.5. The van der Waals surface area contributed by atoms with Crippen LogP contribution in [-0.2, 0) is 4.74 Å². The van der Waals surface area contributed by atoms with Crippen molar-refractivity contribution in [3.63, 3.8) is 0 Å². The van der Waals surface area contributed by atoms with E-state index in [1.165, 1.54) is 0 Å². The molecular formula is C9H17NO2. The van der Waals surface area contributed by atoms with E-state index in [4.69, 9.17) is 10.5 Å². The number of aliphatic hydroxyl groups excluding tert-OH is 1. The summed E-state index contributed by atoms with van der Waals surface area (Å²) in [4.78, 5) is 0. The summed E-state index contributed by atoms with van der Waals surface area (Å²) < 4.78 is 5.45. The van der Waals surface area contributed by atoms with Gasteiger partial charge in [0.2, 0.25) is 0 Å². The first kappa shape index (κ1) is 8.48.